The van der Waals surface area contributed by atoms with E-state index in [2.05, 4.69) is 0 Å². The van der Waals surface area contributed by atoms with Gasteiger partial charge in [-0.2, -0.15) is 0 Å². The highest BCUT2D eigenvalue weighted by atomic mass is 16.3. The summed E-state index contributed by atoms with van der Waals surface area (Å²) in [6, 6.07) is 3.66. The van der Waals surface area contributed by atoms with Crippen molar-refractivity contribution in [3.63, 3.8) is 0 Å². The van der Waals surface area contributed by atoms with Crippen LogP contribution in [-0.4, -0.2) is 74.5 Å². The number of hydrogen-bond acceptors (Lipinski definition) is 8. The van der Waals surface area contributed by atoms with Crippen molar-refractivity contribution in [2.75, 3.05) is 14.1 Å². The van der Waals surface area contributed by atoms with E-state index in [1.54, 1.807) is 33.2 Å². The zero-order chi connectivity index (χ0) is 23.0. The molecule has 4 rings (SSSR count). The molecule has 0 saturated heterocycles. The zero-order valence-corrected chi connectivity index (χ0v) is 17.7. The fourth-order valence-electron chi connectivity index (χ4n) is 5.59. The maximum Gasteiger partial charge on any atom is 0.205 e. The topological polar surface area (TPSA) is 135 Å². The minimum absolute atomic E-state index is 0.0166. The monoisotopic (exact) mass is 427 g/mol. The number of benzene rings is 1. The standard InChI is InChI=1S/C23H25NO7/c1-9-11-6-5-7-13(26)16(11)19(27)12-8-23(31)17(20(28)14(9)12)18(24(3)4)21(29)15(10(2)25)22(23)30/h5-9,14,17-18,20,26,28-29,31H,1-4H3/t9-,14+,17+,18-,20-,23+/m0/s1. The number of aromatic hydroxyl groups is 1. The van der Waals surface area contributed by atoms with Crippen molar-refractivity contribution in [1.29, 1.82) is 0 Å². The van der Waals surface area contributed by atoms with Crippen LogP contribution in [0.1, 0.15) is 35.7 Å². The van der Waals surface area contributed by atoms with Gasteiger partial charge in [-0.15, -0.1) is 0 Å². The van der Waals surface area contributed by atoms with E-state index in [1.807, 2.05) is 0 Å². The molecule has 0 bridgehead atoms. The van der Waals surface area contributed by atoms with Gasteiger partial charge in [0.15, 0.2) is 17.2 Å². The lowest BCUT2D eigenvalue weighted by molar-refractivity contribution is -0.152. The number of ketones is 3. The number of aliphatic hydroxyl groups is 3. The zero-order valence-electron chi connectivity index (χ0n) is 17.7. The van der Waals surface area contributed by atoms with Crippen LogP contribution in [0, 0.1) is 11.8 Å². The van der Waals surface area contributed by atoms with Crippen molar-refractivity contribution >= 4 is 17.3 Å². The first-order chi connectivity index (χ1) is 14.4. The summed E-state index contributed by atoms with van der Waals surface area (Å²) in [5.74, 6) is -5.46. The fourth-order valence-corrected chi connectivity index (χ4v) is 5.59. The summed E-state index contributed by atoms with van der Waals surface area (Å²) in [5, 5.41) is 44.0. The molecule has 8 heteroatoms. The van der Waals surface area contributed by atoms with Crippen molar-refractivity contribution < 1.29 is 34.8 Å². The molecule has 31 heavy (non-hydrogen) atoms. The second kappa shape index (κ2) is 6.85. The molecule has 0 aliphatic heterocycles. The molecule has 4 N–H and O–H groups in total. The lowest BCUT2D eigenvalue weighted by Crippen LogP contribution is -2.66. The van der Waals surface area contributed by atoms with E-state index in [1.165, 1.54) is 11.0 Å². The molecule has 0 heterocycles. The quantitative estimate of drug-likeness (QED) is 0.511. The van der Waals surface area contributed by atoms with Crippen LogP contribution in [-0.2, 0) is 9.59 Å². The Morgan fingerprint density at radius 3 is 2.39 bits per heavy atom. The van der Waals surface area contributed by atoms with Crippen molar-refractivity contribution in [3.8, 4) is 5.75 Å². The maximum absolute atomic E-state index is 13.3. The first kappa shape index (κ1) is 21.4. The summed E-state index contributed by atoms with van der Waals surface area (Å²) < 4.78 is 0. The molecule has 0 fully saturated rings. The van der Waals surface area contributed by atoms with Crippen molar-refractivity contribution in [1.82, 2.24) is 4.90 Å². The van der Waals surface area contributed by atoms with Gasteiger partial charge in [0.25, 0.3) is 0 Å². The number of fused-ring (bicyclic) bond motifs is 3. The highest BCUT2D eigenvalue weighted by molar-refractivity contribution is 6.25. The second-order valence-electron chi connectivity index (χ2n) is 8.88. The molecule has 0 unspecified atom stereocenters. The Hall–Kier alpha value is -2.81. The Kier molecular flexibility index (Phi) is 4.73. The third-order valence-electron chi connectivity index (χ3n) is 6.95. The van der Waals surface area contributed by atoms with E-state index in [0.29, 0.717) is 5.56 Å². The summed E-state index contributed by atoms with van der Waals surface area (Å²) >= 11 is 0. The van der Waals surface area contributed by atoms with E-state index >= 15 is 0 Å². The highest BCUT2D eigenvalue weighted by Gasteiger charge is 2.63. The van der Waals surface area contributed by atoms with Gasteiger partial charge in [0.05, 0.1) is 17.7 Å². The molecule has 0 spiro atoms. The lowest BCUT2D eigenvalue weighted by atomic mass is 9.56. The van der Waals surface area contributed by atoms with Gasteiger partial charge in [-0.05, 0) is 44.6 Å². The van der Waals surface area contributed by atoms with Gasteiger partial charge >= 0.3 is 0 Å². The highest BCUT2D eigenvalue weighted by Crippen LogP contribution is 2.53. The van der Waals surface area contributed by atoms with Gasteiger partial charge < -0.3 is 20.4 Å². The molecule has 0 aromatic heterocycles. The van der Waals surface area contributed by atoms with Crippen molar-refractivity contribution in [2.24, 2.45) is 11.8 Å². The molecule has 164 valence electrons. The maximum atomic E-state index is 13.3. The fraction of sp³-hybridized carbons (Fsp3) is 0.435. The summed E-state index contributed by atoms with van der Waals surface area (Å²) in [7, 11) is 3.20. The molecule has 3 aliphatic carbocycles. The normalized spacial score (nSPS) is 34.8. The number of hydrogen-bond donors (Lipinski definition) is 4. The Balaban J connectivity index is 2.00. The minimum Gasteiger partial charge on any atom is -0.510 e. The first-order valence-electron chi connectivity index (χ1n) is 10.1. The average Bonchev–Trinajstić information content (AvgIpc) is 2.67. The summed E-state index contributed by atoms with van der Waals surface area (Å²) in [6.45, 7) is 2.90. The summed E-state index contributed by atoms with van der Waals surface area (Å²) in [4.78, 5) is 40.1. The molecule has 1 aromatic rings. The third-order valence-corrected chi connectivity index (χ3v) is 6.95. The van der Waals surface area contributed by atoms with Gasteiger partial charge in [-0.3, -0.25) is 19.3 Å². The van der Waals surface area contributed by atoms with Crippen LogP contribution in [0.15, 0.2) is 41.2 Å². The predicted octanol–water partition coefficient (Wildman–Crippen LogP) is 0.870. The third kappa shape index (κ3) is 2.68. The largest absolute Gasteiger partial charge is 0.510 e. The number of carbonyl (C=O) groups is 3. The second-order valence-corrected chi connectivity index (χ2v) is 8.88. The molecule has 6 atom stereocenters. The van der Waals surface area contributed by atoms with Gasteiger partial charge in [-0.1, -0.05) is 19.1 Å². The Morgan fingerprint density at radius 2 is 1.81 bits per heavy atom. The van der Waals surface area contributed by atoms with Crippen LogP contribution in [0.3, 0.4) is 0 Å². The van der Waals surface area contributed by atoms with E-state index in [0.717, 1.165) is 13.0 Å². The summed E-state index contributed by atoms with van der Waals surface area (Å²) in [6.07, 6.45) is -0.260. The van der Waals surface area contributed by atoms with E-state index in [4.69, 9.17) is 0 Å². The van der Waals surface area contributed by atoms with Crippen LogP contribution < -0.4 is 0 Å². The van der Waals surface area contributed by atoms with Gasteiger partial charge in [0.1, 0.15) is 17.1 Å². The smallest absolute Gasteiger partial charge is 0.205 e. The van der Waals surface area contributed by atoms with Gasteiger partial charge in [0.2, 0.25) is 5.78 Å². The molecule has 3 aliphatic rings. The Labute approximate surface area is 179 Å². The minimum atomic E-state index is -2.37. The number of phenolic OH excluding ortho intramolecular Hbond substituents is 1. The van der Waals surface area contributed by atoms with E-state index < -0.39 is 64.2 Å². The van der Waals surface area contributed by atoms with Crippen LogP contribution in [0.4, 0.5) is 0 Å². The van der Waals surface area contributed by atoms with E-state index in [-0.39, 0.29) is 16.9 Å². The summed E-state index contributed by atoms with van der Waals surface area (Å²) in [5.41, 5.74) is -2.26. The lowest BCUT2D eigenvalue weighted by Gasteiger charge is -2.52. The number of carbonyl (C=O) groups excluding carboxylic acids is 3. The Bertz CT molecular complexity index is 1090. The SMILES string of the molecule is CC(=O)C1=C(O)[C@@H](N(C)C)[C@@H]2[C@@H](O)[C@H]3C(=C[C@]2(O)C1=O)C(=O)c1c(O)cccc1[C@@H]3C. The molecular weight excluding hydrogens is 402 g/mol. The van der Waals surface area contributed by atoms with Crippen LogP contribution in [0.2, 0.25) is 0 Å². The van der Waals surface area contributed by atoms with E-state index in [9.17, 15) is 34.8 Å². The molecule has 8 nitrogen and oxygen atoms in total. The first-order valence-corrected chi connectivity index (χ1v) is 10.1. The molecule has 0 amide bonds. The van der Waals surface area contributed by atoms with Crippen LogP contribution >= 0.6 is 0 Å². The number of rotatable bonds is 2. The number of phenols is 1. The van der Waals surface area contributed by atoms with Gasteiger partial charge in [-0.25, -0.2) is 0 Å². The van der Waals surface area contributed by atoms with Gasteiger partial charge in [0, 0.05) is 17.4 Å². The molecule has 0 saturated carbocycles. The van der Waals surface area contributed by atoms with Crippen molar-refractivity contribution in [2.45, 2.75) is 37.5 Å². The molecule has 0 radical (unpaired) electrons. The average molecular weight is 427 g/mol. The number of Topliss-reactive ketones (excluding diaryl/α,β-unsaturated/α-hetero) is 3. The number of likely N-dealkylation sites (N-methyl/N-ethyl adjacent to an activating group) is 1. The predicted molar refractivity (Wildman–Crippen MR) is 110 cm³/mol. The van der Waals surface area contributed by atoms with Crippen LogP contribution in [0.5, 0.6) is 5.75 Å². The molecule has 1 aromatic carbocycles. The number of nitrogens with zero attached hydrogens (tertiary/aromatic N) is 1. The number of aliphatic hydroxyl groups excluding tert-OH is 2. The van der Waals surface area contributed by atoms with Crippen molar-refractivity contribution in [3.05, 3.63) is 52.3 Å². The molecular formula is C23H25NO7. The Morgan fingerprint density at radius 1 is 1.16 bits per heavy atom. The van der Waals surface area contributed by atoms with Crippen LogP contribution in [0.25, 0.3) is 0 Å².